The Morgan fingerprint density at radius 2 is 2.40 bits per heavy atom. The first-order valence-electron chi connectivity index (χ1n) is 3.38. The molecule has 0 saturated heterocycles. The molecule has 10 heavy (non-hydrogen) atoms. The van der Waals surface area contributed by atoms with Gasteiger partial charge >= 0.3 is 0 Å². The van der Waals surface area contributed by atoms with Crippen molar-refractivity contribution in [2.75, 3.05) is 6.61 Å². The van der Waals surface area contributed by atoms with Crippen LogP contribution in [0.5, 0.6) is 0 Å². The summed E-state index contributed by atoms with van der Waals surface area (Å²) in [4.78, 5) is 3.94. The molecule has 1 heterocycles. The minimum atomic E-state index is 0.258. The van der Waals surface area contributed by atoms with Gasteiger partial charge in [-0.15, -0.1) is 0 Å². The molecule has 0 aliphatic rings. The Labute approximate surface area is 59.3 Å². The third kappa shape index (κ3) is 2.14. The molecule has 4 heteroatoms. The van der Waals surface area contributed by atoms with E-state index in [2.05, 4.69) is 15.2 Å². The summed E-state index contributed by atoms with van der Waals surface area (Å²) in [6.07, 6.45) is 4.17. The van der Waals surface area contributed by atoms with Gasteiger partial charge in [0.15, 0.2) is 0 Å². The molecule has 56 valence electrons. The van der Waals surface area contributed by atoms with Gasteiger partial charge in [0.1, 0.15) is 12.2 Å². The first kappa shape index (κ1) is 7.21. The van der Waals surface area contributed by atoms with Crippen LogP contribution in [0, 0.1) is 0 Å². The zero-order valence-electron chi connectivity index (χ0n) is 5.75. The quantitative estimate of drug-likeness (QED) is 0.585. The topological polar surface area (TPSA) is 61.8 Å². The number of aromatic nitrogens is 3. The van der Waals surface area contributed by atoms with Crippen molar-refractivity contribution >= 4 is 0 Å². The molecule has 0 aliphatic heterocycles. The van der Waals surface area contributed by atoms with Crippen molar-refractivity contribution in [3.63, 3.8) is 0 Å². The van der Waals surface area contributed by atoms with Gasteiger partial charge in [-0.05, 0) is 12.8 Å². The highest BCUT2D eigenvalue weighted by atomic mass is 16.2. The normalized spacial score (nSPS) is 10.1. The van der Waals surface area contributed by atoms with E-state index in [-0.39, 0.29) is 6.61 Å². The Morgan fingerprint density at radius 1 is 1.50 bits per heavy atom. The van der Waals surface area contributed by atoms with Crippen molar-refractivity contribution in [2.45, 2.75) is 19.3 Å². The van der Waals surface area contributed by atoms with Gasteiger partial charge in [0.25, 0.3) is 0 Å². The van der Waals surface area contributed by atoms with Gasteiger partial charge < -0.3 is 5.11 Å². The lowest BCUT2D eigenvalue weighted by molar-refractivity contribution is 0.284. The summed E-state index contributed by atoms with van der Waals surface area (Å²) < 4.78 is 0. The van der Waals surface area contributed by atoms with Gasteiger partial charge in [0.2, 0.25) is 0 Å². The maximum Gasteiger partial charge on any atom is 0.137 e. The highest BCUT2D eigenvalue weighted by molar-refractivity contribution is 4.78. The van der Waals surface area contributed by atoms with Crippen LogP contribution in [0.3, 0.4) is 0 Å². The number of nitrogens with one attached hydrogen (secondary N) is 1. The molecule has 1 aromatic rings. The SMILES string of the molecule is OCCCCc1ncn[nH]1. The third-order valence-electron chi connectivity index (χ3n) is 1.29. The van der Waals surface area contributed by atoms with Crippen molar-refractivity contribution < 1.29 is 5.11 Å². The number of H-pyrrole nitrogens is 1. The zero-order valence-corrected chi connectivity index (χ0v) is 5.75. The van der Waals surface area contributed by atoms with E-state index in [9.17, 15) is 0 Å². The standard InChI is InChI=1S/C6H11N3O/c10-4-2-1-3-6-7-5-8-9-6/h5,10H,1-4H2,(H,7,8,9). The molecule has 0 bridgehead atoms. The Bertz CT molecular complexity index is 162. The van der Waals surface area contributed by atoms with Crippen LogP contribution in [0.4, 0.5) is 0 Å². The molecule has 0 atom stereocenters. The van der Waals surface area contributed by atoms with Crippen LogP contribution in [-0.2, 0) is 6.42 Å². The second-order valence-corrected chi connectivity index (χ2v) is 2.11. The van der Waals surface area contributed by atoms with Gasteiger partial charge in [0.05, 0.1) is 0 Å². The largest absolute Gasteiger partial charge is 0.396 e. The van der Waals surface area contributed by atoms with Crippen LogP contribution in [0.1, 0.15) is 18.7 Å². The van der Waals surface area contributed by atoms with Gasteiger partial charge in [0, 0.05) is 13.0 Å². The molecule has 0 aromatic carbocycles. The molecule has 0 amide bonds. The molecule has 0 radical (unpaired) electrons. The van der Waals surface area contributed by atoms with Crippen molar-refractivity contribution in [1.29, 1.82) is 0 Å². The maximum atomic E-state index is 8.45. The Hall–Kier alpha value is -0.900. The minimum Gasteiger partial charge on any atom is -0.396 e. The number of hydrogen-bond acceptors (Lipinski definition) is 3. The number of nitrogens with zero attached hydrogens (tertiary/aromatic N) is 2. The minimum absolute atomic E-state index is 0.258. The number of hydrogen-bond donors (Lipinski definition) is 2. The van der Waals surface area contributed by atoms with E-state index in [1.165, 1.54) is 6.33 Å². The van der Waals surface area contributed by atoms with Crippen LogP contribution in [-0.4, -0.2) is 26.9 Å². The molecular weight excluding hydrogens is 130 g/mol. The van der Waals surface area contributed by atoms with Crippen molar-refractivity contribution in [2.24, 2.45) is 0 Å². The average Bonchev–Trinajstić information content (AvgIpc) is 2.41. The third-order valence-corrected chi connectivity index (χ3v) is 1.29. The van der Waals surface area contributed by atoms with Crippen molar-refractivity contribution in [3.8, 4) is 0 Å². The fourth-order valence-corrected chi connectivity index (χ4v) is 0.756. The lowest BCUT2D eigenvalue weighted by atomic mass is 10.2. The van der Waals surface area contributed by atoms with E-state index in [0.29, 0.717) is 0 Å². The fourth-order valence-electron chi connectivity index (χ4n) is 0.756. The van der Waals surface area contributed by atoms with Gasteiger partial charge in [-0.3, -0.25) is 5.10 Å². The molecule has 0 saturated carbocycles. The van der Waals surface area contributed by atoms with Crippen LogP contribution < -0.4 is 0 Å². The highest BCUT2D eigenvalue weighted by Crippen LogP contribution is 1.95. The molecule has 1 rings (SSSR count). The van der Waals surface area contributed by atoms with Gasteiger partial charge in [-0.25, -0.2) is 4.98 Å². The van der Waals surface area contributed by atoms with Crippen LogP contribution in [0.2, 0.25) is 0 Å². The molecule has 0 spiro atoms. The second kappa shape index (κ2) is 4.00. The predicted molar refractivity (Wildman–Crippen MR) is 36.4 cm³/mol. The van der Waals surface area contributed by atoms with E-state index in [0.717, 1.165) is 25.1 Å². The molecule has 0 fully saturated rings. The molecule has 0 unspecified atom stereocenters. The van der Waals surface area contributed by atoms with Crippen LogP contribution >= 0.6 is 0 Å². The number of aryl methyl sites for hydroxylation is 1. The van der Waals surface area contributed by atoms with Crippen molar-refractivity contribution in [1.82, 2.24) is 15.2 Å². The summed E-state index contributed by atoms with van der Waals surface area (Å²) in [6, 6.07) is 0. The van der Waals surface area contributed by atoms with Crippen molar-refractivity contribution in [3.05, 3.63) is 12.2 Å². The summed E-state index contributed by atoms with van der Waals surface area (Å²) in [5.74, 6) is 0.897. The monoisotopic (exact) mass is 141 g/mol. The van der Waals surface area contributed by atoms with Crippen LogP contribution in [0.15, 0.2) is 6.33 Å². The first-order chi connectivity index (χ1) is 4.93. The second-order valence-electron chi connectivity index (χ2n) is 2.11. The Kier molecular flexibility index (Phi) is 2.89. The van der Waals surface area contributed by atoms with E-state index in [1.807, 2.05) is 0 Å². The zero-order chi connectivity index (χ0) is 7.23. The molecule has 0 aliphatic carbocycles. The van der Waals surface area contributed by atoms with Gasteiger partial charge in [-0.1, -0.05) is 0 Å². The summed E-state index contributed by atoms with van der Waals surface area (Å²) >= 11 is 0. The van der Waals surface area contributed by atoms with Gasteiger partial charge in [-0.2, -0.15) is 5.10 Å². The summed E-state index contributed by atoms with van der Waals surface area (Å²) in [5, 5.41) is 14.9. The fraction of sp³-hybridized carbons (Fsp3) is 0.667. The Balaban J connectivity index is 2.15. The molecule has 1 aromatic heterocycles. The smallest absolute Gasteiger partial charge is 0.137 e. The lowest BCUT2D eigenvalue weighted by Gasteiger charge is -1.92. The van der Waals surface area contributed by atoms with E-state index in [4.69, 9.17) is 5.11 Å². The summed E-state index contributed by atoms with van der Waals surface area (Å²) in [6.45, 7) is 0.258. The molecule has 2 N–H and O–H groups in total. The number of rotatable bonds is 4. The summed E-state index contributed by atoms with van der Waals surface area (Å²) in [7, 11) is 0. The number of aliphatic hydroxyl groups excluding tert-OH is 1. The molecule has 4 nitrogen and oxygen atoms in total. The van der Waals surface area contributed by atoms with E-state index in [1.54, 1.807) is 0 Å². The summed E-state index contributed by atoms with van der Waals surface area (Å²) in [5.41, 5.74) is 0. The average molecular weight is 141 g/mol. The predicted octanol–water partition coefficient (Wildman–Crippen LogP) is 0.120. The number of unbranched alkanes of at least 4 members (excludes halogenated alkanes) is 1. The van der Waals surface area contributed by atoms with E-state index < -0.39 is 0 Å². The lowest BCUT2D eigenvalue weighted by Crippen LogP contribution is -1.90. The first-order valence-corrected chi connectivity index (χ1v) is 3.38. The Morgan fingerprint density at radius 3 is 3.00 bits per heavy atom. The number of aromatic amines is 1. The maximum absolute atomic E-state index is 8.45. The van der Waals surface area contributed by atoms with E-state index >= 15 is 0 Å². The molecular formula is C6H11N3O. The number of aliphatic hydroxyl groups is 1. The van der Waals surface area contributed by atoms with Crippen LogP contribution in [0.25, 0.3) is 0 Å². The highest BCUT2D eigenvalue weighted by Gasteiger charge is 1.93.